The Morgan fingerprint density at radius 1 is 1.56 bits per heavy atom. The molecule has 0 aliphatic rings. The zero-order valence-corrected chi connectivity index (χ0v) is 11.4. The Balaban J connectivity index is 2.36. The molecule has 2 aromatic rings. The molecule has 0 spiro atoms. The van der Waals surface area contributed by atoms with Gasteiger partial charge in [-0.15, -0.1) is 0 Å². The average Bonchev–Trinajstić information content (AvgIpc) is 2.77. The monoisotopic (exact) mass is 330 g/mol. The van der Waals surface area contributed by atoms with Gasteiger partial charge < -0.3 is 5.11 Å². The fourth-order valence-corrected chi connectivity index (χ4v) is 2.50. The summed E-state index contributed by atoms with van der Waals surface area (Å²) < 4.78 is 15.6. The molecule has 0 aliphatic heterocycles. The van der Waals surface area contributed by atoms with E-state index in [4.69, 9.17) is 5.11 Å². The van der Waals surface area contributed by atoms with E-state index in [1.54, 1.807) is 23.0 Å². The summed E-state index contributed by atoms with van der Waals surface area (Å²) in [5.74, 6) is -1.38. The highest BCUT2D eigenvalue weighted by atomic mass is 79.9. The van der Waals surface area contributed by atoms with Crippen LogP contribution in [0.1, 0.15) is 0 Å². The molecule has 1 N–H and O–H groups in total. The first-order valence-electron chi connectivity index (χ1n) is 4.91. The minimum Gasteiger partial charge on any atom is -0.481 e. The number of imidazole rings is 1. The second-order valence-corrected chi connectivity index (χ2v) is 5.15. The van der Waals surface area contributed by atoms with Gasteiger partial charge in [-0.2, -0.15) is 0 Å². The fraction of sp³-hybridized carbons (Fsp3) is 0.0909. The highest BCUT2D eigenvalue weighted by molar-refractivity contribution is 9.10. The van der Waals surface area contributed by atoms with Crippen LogP contribution in [0.3, 0.4) is 0 Å². The number of benzene rings is 1. The normalized spacial score (nSPS) is 10.6. The molecule has 0 bridgehead atoms. The zero-order chi connectivity index (χ0) is 13.1. The van der Waals surface area contributed by atoms with E-state index in [0.717, 1.165) is 11.8 Å². The zero-order valence-electron chi connectivity index (χ0n) is 9.01. The van der Waals surface area contributed by atoms with Crippen LogP contribution >= 0.6 is 27.7 Å². The number of nitrogens with zero attached hydrogens (tertiary/aromatic N) is 2. The van der Waals surface area contributed by atoms with Crippen LogP contribution in [0, 0.1) is 5.82 Å². The molecule has 1 aromatic carbocycles. The van der Waals surface area contributed by atoms with Crippen LogP contribution in [0.4, 0.5) is 4.39 Å². The van der Waals surface area contributed by atoms with Crippen molar-refractivity contribution in [3.8, 4) is 5.69 Å². The highest BCUT2D eigenvalue weighted by Gasteiger charge is 2.11. The molecule has 0 saturated carbocycles. The summed E-state index contributed by atoms with van der Waals surface area (Å²) in [5, 5.41) is 9.15. The Morgan fingerprint density at radius 3 is 3.06 bits per heavy atom. The van der Waals surface area contributed by atoms with Crippen molar-refractivity contribution in [2.24, 2.45) is 0 Å². The molecule has 7 heteroatoms. The molecule has 94 valence electrons. The minimum absolute atomic E-state index is 0.0933. The summed E-state index contributed by atoms with van der Waals surface area (Å²) in [6, 6.07) is 4.29. The van der Waals surface area contributed by atoms with E-state index in [2.05, 4.69) is 20.9 Å². The Kier molecular flexibility index (Phi) is 4.03. The third-order valence-electron chi connectivity index (χ3n) is 2.10. The molecule has 0 saturated heterocycles. The molecule has 4 nitrogen and oxygen atoms in total. The molecule has 2 rings (SSSR count). The first kappa shape index (κ1) is 13.1. The first-order valence-corrected chi connectivity index (χ1v) is 6.69. The van der Waals surface area contributed by atoms with Crippen LogP contribution in [-0.2, 0) is 4.79 Å². The fourth-order valence-electron chi connectivity index (χ4n) is 1.38. The van der Waals surface area contributed by atoms with Crippen LogP contribution in [-0.4, -0.2) is 26.4 Å². The lowest BCUT2D eigenvalue weighted by molar-refractivity contribution is -0.133. The van der Waals surface area contributed by atoms with Crippen molar-refractivity contribution in [1.29, 1.82) is 0 Å². The first-order chi connectivity index (χ1) is 8.58. The Morgan fingerprint density at radius 2 is 2.33 bits per heavy atom. The lowest BCUT2D eigenvalue weighted by Gasteiger charge is -2.08. The van der Waals surface area contributed by atoms with Crippen LogP contribution in [0.15, 0.2) is 40.2 Å². The van der Waals surface area contributed by atoms with Crippen molar-refractivity contribution in [3.05, 3.63) is 40.9 Å². The highest BCUT2D eigenvalue weighted by Crippen LogP contribution is 2.26. The van der Waals surface area contributed by atoms with Gasteiger partial charge in [0.05, 0.1) is 11.4 Å². The molecule has 1 heterocycles. The number of hydrogen-bond acceptors (Lipinski definition) is 3. The van der Waals surface area contributed by atoms with E-state index in [-0.39, 0.29) is 11.6 Å². The number of halogens is 2. The van der Waals surface area contributed by atoms with E-state index < -0.39 is 5.97 Å². The second kappa shape index (κ2) is 5.53. The molecular formula is C11H8BrFN2O2S. The van der Waals surface area contributed by atoms with Crippen LogP contribution in [0.2, 0.25) is 0 Å². The number of rotatable bonds is 4. The number of hydrogen-bond donors (Lipinski definition) is 1. The Bertz CT molecular complexity index is 588. The summed E-state index contributed by atoms with van der Waals surface area (Å²) >= 11 is 4.41. The summed E-state index contributed by atoms with van der Waals surface area (Å²) in [6.45, 7) is 0. The second-order valence-electron chi connectivity index (χ2n) is 3.36. The predicted octanol–water partition coefficient (Wildman–Crippen LogP) is 2.95. The maximum absolute atomic E-state index is 13.2. The maximum atomic E-state index is 13.2. The van der Waals surface area contributed by atoms with Gasteiger partial charge in [-0.3, -0.25) is 9.36 Å². The van der Waals surface area contributed by atoms with E-state index in [1.165, 1.54) is 12.1 Å². The van der Waals surface area contributed by atoms with Crippen LogP contribution in [0.5, 0.6) is 0 Å². The summed E-state index contributed by atoms with van der Waals surface area (Å²) in [7, 11) is 0. The standard InChI is InChI=1S/C11H8BrFN2O2S/c12-8-2-1-7(13)5-9(8)15-4-3-14-11(15)18-6-10(16)17/h1-5H,6H2,(H,16,17). The van der Waals surface area contributed by atoms with Gasteiger partial charge in [0.1, 0.15) is 5.82 Å². The third-order valence-corrected chi connectivity index (χ3v) is 3.72. The SMILES string of the molecule is O=C(O)CSc1nccn1-c1cc(F)ccc1Br. The van der Waals surface area contributed by atoms with Gasteiger partial charge in [-0.25, -0.2) is 9.37 Å². The molecule has 0 aliphatic carbocycles. The Hall–Kier alpha value is -1.34. The molecule has 1 aromatic heterocycles. The van der Waals surface area contributed by atoms with Crippen molar-refractivity contribution in [2.45, 2.75) is 5.16 Å². The van der Waals surface area contributed by atoms with Gasteiger partial charge in [-0.05, 0) is 34.1 Å². The van der Waals surface area contributed by atoms with Crippen molar-refractivity contribution in [2.75, 3.05) is 5.75 Å². The van der Waals surface area contributed by atoms with Gasteiger partial charge in [0.15, 0.2) is 5.16 Å². The van der Waals surface area contributed by atoms with Crippen molar-refractivity contribution in [1.82, 2.24) is 9.55 Å². The summed E-state index contributed by atoms with van der Waals surface area (Å²) in [4.78, 5) is 14.6. The van der Waals surface area contributed by atoms with E-state index in [9.17, 15) is 9.18 Å². The molecule has 0 atom stereocenters. The smallest absolute Gasteiger partial charge is 0.313 e. The van der Waals surface area contributed by atoms with Gasteiger partial charge in [0, 0.05) is 16.9 Å². The van der Waals surface area contributed by atoms with Crippen molar-refractivity contribution < 1.29 is 14.3 Å². The number of thioether (sulfide) groups is 1. The number of aromatic nitrogens is 2. The largest absolute Gasteiger partial charge is 0.481 e. The number of aliphatic carboxylic acids is 1. The van der Waals surface area contributed by atoms with Gasteiger partial charge in [0.25, 0.3) is 0 Å². The quantitative estimate of drug-likeness (QED) is 0.875. The molecule has 0 radical (unpaired) electrons. The average molecular weight is 331 g/mol. The van der Waals surface area contributed by atoms with Gasteiger partial charge in [-0.1, -0.05) is 11.8 Å². The summed E-state index contributed by atoms with van der Waals surface area (Å²) in [5.41, 5.74) is 0.584. The van der Waals surface area contributed by atoms with Crippen molar-refractivity contribution >= 4 is 33.7 Å². The Labute approximate surface area is 115 Å². The van der Waals surface area contributed by atoms with E-state index in [1.807, 2.05) is 0 Å². The van der Waals surface area contributed by atoms with E-state index >= 15 is 0 Å². The predicted molar refractivity (Wildman–Crippen MR) is 69.6 cm³/mol. The molecule has 18 heavy (non-hydrogen) atoms. The number of carboxylic acid groups (broad SMARTS) is 1. The van der Waals surface area contributed by atoms with E-state index in [0.29, 0.717) is 15.3 Å². The van der Waals surface area contributed by atoms with Crippen LogP contribution in [0.25, 0.3) is 5.69 Å². The lowest BCUT2D eigenvalue weighted by atomic mass is 10.3. The van der Waals surface area contributed by atoms with Gasteiger partial charge >= 0.3 is 5.97 Å². The maximum Gasteiger partial charge on any atom is 0.313 e. The molecule has 0 fully saturated rings. The molecular weight excluding hydrogens is 323 g/mol. The number of carboxylic acids is 1. The molecule has 0 unspecified atom stereocenters. The minimum atomic E-state index is -0.923. The van der Waals surface area contributed by atoms with Crippen molar-refractivity contribution in [3.63, 3.8) is 0 Å². The lowest BCUT2D eigenvalue weighted by Crippen LogP contribution is -2.02. The van der Waals surface area contributed by atoms with Gasteiger partial charge in [0.2, 0.25) is 0 Å². The molecule has 0 amide bonds. The summed E-state index contributed by atoms with van der Waals surface area (Å²) in [6.07, 6.45) is 3.20. The third kappa shape index (κ3) is 2.91. The number of carbonyl (C=O) groups is 1. The van der Waals surface area contributed by atoms with Crippen LogP contribution < -0.4 is 0 Å². The topological polar surface area (TPSA) is 55.1 Å².